The number of phenolic OH excluding ortho intramolecular Hbond substituents is 1. The van der Waals surface area contributed by atoms with Crippen LogP contribution in [0.1, 0.15) is 25.5 Å². The first-order valence-corrected chi connectivity index (χ1v) is 5.22. The number of phenols is 1. The van der Waals surface area contributed by atoms with Crippen molar-refractivity contribution in [1.29, 1.82) is 0 Å². The molecule has 0 bridgehead atoms. The molecule has 1 heterocycles. The second kappa shape index (κ2) is 3.89. The van der Waals surface area contributed by atoms with E-state index in [1.807, 2.05) is 12.3 Å². The van der Waals surface area contributed by atoms with Gasteiger partial charge in [-0.05, 0) is 30.2 Å². The third kappa shape index (κ3) is 1.86. The number of nitrogen functional groups attached to an aromatic ring is 1. The first kappa shape index (κ1) is 10.5. The maximum absolute atomic E-state index is 9.33. The van der Waals surface area contributed by atoms with E-state index in [1.165, 1.54) is 0 Å². The van der Waals surface area contributed by atoms with E-state index in [1.54, 1.807) is 22.9 Å². The summed E-state index contributed by atoms with van der Waals surface area (Å²) in [4.78, 5) is 0. The molecule has 0 aliphatic carbocycles. The van der Waals surface area contributed by atoms with Gasteiger partial charge in [0, 0.05) is 6.20 Å². The molecule has 0 fully saturated rings. The molecule has 84 valence electrons. The summed E-state index contributed by atoms with van der Waals surface area (Å²) in [5.74, 6) is 0.496. The van der Waals surface area contributed by atoms with Crippen LogP contribution in [0, 0.1) is 0 Å². The van der Waals surface area contributed by atoms with Gasteiger partial charge in [0.25, 0.3) is 0 Å². The molecule has 0 aliphatic rings. The van der Waals surface area contributed by atoms with Crippen molar-refractivity contribution in [3.8, 4) is 11.4 Å². The molecule has 0 unspecified atom stereocenters. The van der Waals surface area contributed by atoms with E-state index in [2.05, 4.69) is 18.9 Å². The molecule has 4 heteroatoms. The Morgan fingerprint density at radius 3 is 2.62 bits per heavy atom. The van der Waals surface area contributed by atoms with Crippen LogP contribution in [0.25, 0.3) is 5.69 Å². The molecule has 3 N–H and O–H groups in total. The lowest BCUT2D eigenvalue weighted by Crippen LogP contribution is -1.98. The maximum Gasteiger partial charge on any atom is 0.138 e. The Morgan fingerprint density at radius 2 is 2.06 bits per heavy atom. The van der Waals surface area contributed by atoms with E-state index in [0.29, 0.717) is 11.6 Å². The normalized spacial score (nSPS) is 10.9. The van der Waals surface area contributed by atoms with Crippen molar-refractivity contribution in [2.24, 2.45) is 0 Å². The van der Waals surface area contributed by atoms with E-state index < -0.39 is 0 Å². The van der Waals surface area contributed by atoms with Gasteiger partial charge in [0.1, 0.15) is 5.75 Å². The van der Waals surface area contributed by atoms with Crippen molar-refractivity contribution in [3.05, 3.63) is 36.2 Å². The highest BCUT2D eigenvalue weighted by molar-refractivity contribution is 5.57. The fraction of sp³-hybridized carbons (Fsp3) is 0.250. The highest BCUT2D eigenvalue weighted by atomic mass is 16.3. The topological polar surface area (TPSA) is 64.1 Å². The number of nitrogens with zero attached hydrogens (tertiary/aromatic N) is 2. The largest absolute Gasteiger partial charge is 0.506 e. The van der Waals surface area contributed by atoms with Crippen LogP contribution in [0.2, 0.25) is 0 Å². The van der Waals surface area contributed by atoms with E-state index in [0.717, 1.165) is 11.4 Å². The Bertz CT molecular complexity index is 503. The number of aromatic nitrogens is 2. The summed E-state index contributed by atoms with van der Waals surface area (Å²) in [6.45, 7) is 4.19. The number of anilines is 1. The standard InChI is InChI=1S/C12H15N3O/c1-8(2)11-5-6-15(14-11)9-3-4-12(16)10(13)7-9/h3-8,16H,13H2,1-2H3. The van der Waals surface area contributed by atoms with Crippen molar-refractivity contribution in [2.45, 2.75) is 19.8 Å². The zero-order valence-electron chi connectivity index (χ0n) is 9.38. The van der Waals surface area contributed by atoms with Crippen molar-refractivity contribution in [1.82, 2.24) is 9.78 Å². The Balaban J connectivity index is 2.39. The third-order valence-electron chi connectivity index (χ3n) is 2.48. The zero-order chi connectivity index (χ0) is 11.7. The number of nitrogens with two attached hydrogens (primary N) is 1. The predicted molar refractivity (Wildman–Crippen MR) is 63.7 cm³/mol. The minimum absolute atomic E-state index is 0.0972. The Hall–Kier alpha value is -1.97. The molecule has 2 aromatic rings. The third-order valence-corrected chi connectivity index (χ3v) is 2.48. The number of rotatable bonds is 2. The number of benzene rings is 1. The fourth-order valence-electron chi connectivity index (χ4n) is 1.47. The molecule has 0 amide bonds. The smallest absolute Gasteiger partial charge is 0.138 e. The Morgan fingerprint density at radius 1 is 1.31 bits per heavy atom. The van der Waals surface area contributed by atoms with Gasteiger partial charge in [-0.2, -0.15) is 5.10 Å². The fourth-order valence-corrected chi connectivity index (χ4v) is 1.47. The van der Waals surface area contributed by atoms with Gasteiger partial charge >= 0.3 is 0 Å². The summed E-state index contributed by atoms with van der Waals surface area (Å²) < 4.78 is 1.76. The summed E-state index contributed by atoms with van der Waals surface area (Å²) in [5, 5.41) is 13.8. The van der Waals surface area contributed by atoms with E-state index in [9.17, 15) is 5.11 Å². The van der Waals surface area contributed by atoms with Crippen LogP contribution < -0.4 is 5.73 Å². The minimum Gasteiger partial charge on any atom is -0.506 e. The predicted octanol–water partition coefficient (Wildman–Crippen LogP) is 2.28. The van der Waals surface area contributed by atoms with Gasteiger partial charge in [-0.15, -0.1) is 0 Å². The summed E-state index contributed by atoms with van der Waals surface area (Å²) in [7, 11) is 0. The van der Waals surface area contributed by atoms with Crippen LogP contribution in [0.4, 0.5) is 5.69 Å². The molecule has 1 aromatic carbocycles. The first-order valence-electron chi connectivity index (χ1n) is 5.22. The summed E-state index contributed by atoms with van der Waals surface area (Å²) in [6.07, 6.45) is 1.89. The van der Waals surface area contributed by atoms with Gasteiger partial charge in [-0.1, -0.05) is 13.8 Å². The zero-order valence-corrected chi connectivity index (χ0v) is 9.38. The maximum atomic E-state index is 9.33. The molecular formula is C12H15N3O. The van der Waals surface area contributed by atoms with Crippen molar-refractivity contribution in [3.63, 3.8) is 0 Å². The minimum atomic E-state index is 0.0972. The Kier molecular flexibility index (Phi) is 2.56. The molecule has 0 aliphatic heterocycles. The van der Waals surface area contributed by atoms with Crippen LogP contribution in [0.3, 0.4) is 0 Å². The van der Waals surface area contributed by atoms with Crippen molar-refractivity contribution < 1.29 is 5.11 Å². The lowest BCUT2D eigenvalue weighted by atomic mass is 10.1. The summed E-state index contributed by atoms with van der Waals surface area (Å²) >= 11 is 0. The molecule has 2 rings (SSSR count). The van der Waals surface area contributed by atoms with Gasteiger partial charge in [0.15, 0.2) is 0 Å². The van der Waals surface area contributed by atoms with Gasteiger partial charge in [0.2, 0.25) is 0 Å². The van der Waals surface area contributed by atoms with Crippen LogP contribution in [-0.2, 0) is 0 Å². The van der Waals surface area contributed by atoms with Crippen molar-refractivity contribution in [2.75, 3.05) is 5.73 Å². The van der Waals surface area contributed by atoms with Gasteiger partial charge in [-0.3, -0.25) is 0 Å². The SMILES string of the molecule is CC(C)c1ccn(-c2ccc(O)c(N)c2)n1. The molecule has 1 aromatic heterocycles. The van der Waals surface area contributed by atoms with E-state index in [4.69, 9.17) is 5.73 Å². The van der Waals surface area contributed by atoms with Crippen molar-refractivity contribution >= 4 is 5.69 Å². The van der Waals surface area contributed by atoms with Crippen LogP contribution in [0.5, 0.6) is 5.75 Å². The monoisotopic (exact) mass is 217 g/mol. The summed E-state index contributed by atoms with van der Waals surface area (Å²) in [6, 6.07) is 7.03. The van der Waals surface area contributed by atoms with E-state index in [-0.39, 0.29) is 5.75 Å². The molecule has 0 radical (unpaired) electrons. The molecule has 16 heavy (non-hydrogen) atoms. The number of aromatic hydroxyl groups is 1. The van der Waals surface area contributed by atoms with Gasteiger partial charge < -0.3 is 10.8 Å². The number of hydrogen-bond donors (Lipinski definition) is 2. The molecular weight excluding hydrogens is 202 g/mol. The lowest BCUT2D eigenvalue weighted by molar-refractivity contribution is 0.478. The highest BCUT2D eigenvalue weighted by Crippen LogP contribution is 2.23. The van der Waals surface area contributed by atoms with Crippen LogP contribution in [0.15, 0.2) is 30.5 Å². The quantitative estimate of drug-likeness (QED) is 0.599. The average Bonchev–Trinajstić information content (AvgIpc) is 2.71. The highest BCUT2D eigenvalue weighted by Gasteiger charge is 2.05. The van der Waals surface area contributed by atoms with Crippen LogP contribution in [-0.4, -0.2) is 14.9 Å². The van der Waals surface area contributed by atoms with Crippen LogP contribution >= 0.6 is 0 Å². The van der Waals surface area contributed by atoms with Gasteiger partial charge in [-0.25, -0.2) is 4.68 Å². The lowest BCUT2D eigenvalue weighted by Gasteiger charge is -2.04. The Labute approximate surface area is 94.3 Å². The average molecular weight is 217 g/mol. The second-order valence-corrected chi connectivity index (χ2v) is 4.08. The molecule has 0 saturated heterocycles. The number of hydrogen-bond acceptors (Lipinski definition) is 3. The second-order valence-electron chi connectivity index (χ2n) is 4.08. The molecule has 0 spiro atoms. The molecule has 4 nitrogen and oxygen atoms in total. The summed E-state index contributed by atoms with van der Waals surface area (Å²) in [5.41, 5.74) is 7.88. The van der Waals surface area contributed by atoms with Gasteiger partial charge in [0.05, 0.1) is 17.1 Å². The van der Waals surface area contributed by atoms with E-state index >= 15 is 0 Å². The first-order chi connectivity index (χ1) is 7.58. The molecule has 0 saturated carbocycles. The molecule has 0 atom stereocenters.